The van der Waals surface area contributed by atoms with E-state index in [9.17, 15) is 0 Å². The van der Waals surface area contributed by atoms with Crippen LogP contribution in [-0.2, 0) is 0 Å². The van der Waals surface area contributed by atoms with Crippen LogP contribution in [0.1, 0.15) is 38.8 Å². The van der Waals surface area contributed by atoms with Crippen LogP contribution in [0, 0.1) is 12.8 Å². The van der Waals surface area contributed by atoms with E-state index in [0.29, 0.717) is 5.92 Å². The first-order valence-electron chi connectivity index (χ1n) is 6.80. The van der Waals surface area contributed by atoms with E-state index in [0.717, 1.165) is 6.54 Å². The number of hydrogen-bond donors (Lipinski definition) is 0. The number of nitrogens with zero attached hydrogens (tertiary/aromatic N) is 2. The lowest BCUT2D eigenvalue weighted by atomic mass is 9.89. The number of fused-ring (bicyclic) bond motifs is 1. The highest BCUT2D eigenvalue weighted by Gasteiger charge is 2.26. The lowest BCUT2D eigenvalue weighted by molar-refractivity contribution is 0.379. The molecule has 1 aliphatic rings. The number of benzene rings is 1. The molecule has 0 N–H and O–H groups in total. The Morgan fingerprint density at radius 3 is 2.39 bits per heavy atom. The molecule has 1 aromatic rings. The fraction of sp³-hybridized carbons (Fsp3) is 0.500. The van der Waals surface area contributed by atoms with Crippen LogP contribution in [0.2, 0.25) is 0 Å². The quantitative estimate of drug-likeness (QED) is 0.774. The van der Waals surface area contributed by atoms with Crippen LogP contribution in [0.25, 0.3) is 5.57 Å². The Kier molecular flexibility index (Phi) is 3.38. The van der Waals surface area contributed by atoms with Crippen LogP contribution in [0.15, 0.2) is 23.9 Å². The number of hydrogen-bond acceptors (Lipinski definition) is 2. The van der Waals surface area contributed by atoms with E-state index in [1.165, 1.54) is 28.1 Å². The largest absolute Gasteiger partial charge is 0.293 e. The smallest absolute Gasteiger partial charge is 0.0649 e. The SMILES string of the molecule is CCN1c2ccc(C)cc2C(C(C)C)=C(C)N1C. The molecule has 0 saturated carbocycles. The van der Waals surface area contributed by atoms with Gasteiger partial charge in [0.05, 0.1) is 5.69 Å². The monoisotopic (exact) mass is 244 g/mol. The minimum absolute atomic E-state index is 0.548. The average molecular weight is 244 g/mol. The zero-order valence-corrected chi connectivity index (χ0v) is 12.4. The van der Waals surface area contributed by atoms with Gasteiger partial charge in [-0.2, -0.15) is 0 Å². The van der Waals surface area contributed by atoms with E-state index in [-0.39, 0.29) is 0 Å². The molecule has 0 aliphatic carbocycles. The highest BCUT2D eigenvalue weighted by Crippen LogP contribution is 2.40. The molecule has 1 aromatic carbocycles. The second-order valence-electron chi connectivity index (χ2n) is 5.41. The fourth-order valence-electron chi connectivity index (χ4n) is 2.91. The van der Waals surface area contributed by atoms with Gasteiger partial charge >= 0.3 is 0 Å². The fourth-order valence-corrected chi connectivity index (χ4v) is 2.91. The Balaban J connectivity index is 2.69. The highest BCUT2D eigenvalue weighted by atomic mass is 15.6. The molecule has 0 spiro atoms. The van der Waals surface area contributed by atoms with Crippen molar-refractivity contribution < 1.29 is 0 Å². The van der Waals surface area contributed by atoms with Crippen LogP contribution in [0.3, 0.4) is 0 Å². The molecule has 0 atom stereocenters. The molecule has 0 radical (unpaired) electrons. The third-order valence-corrected chi connectivity index (χ3v) is 3.83. The van der Waals surface area contributed by atoms with Crippen molar-refractivity contribution in [3.05, 3.63) is 35.0 Å². The number of aryl methyl sites for hydroxylation is 1. The van der Waals surface area contributed by atoms with Crippen molar-refractivity contribution in [1.82, 2.24) is 5.01 Å². The highest BCUT2D eigenvalue weighted by molar-refractivity contribution is 5.82. The lowest BCUT2D eigenvalue weighted by Crippen LogP contribution is -2.42. The lowest BCUT2D eigenvalue weighted by Gasteiger charge is -2.42. The first-order valence-corrected chi connectivity index (χ1v) is 6.80. The number of rotatable bonds is 2. The molecule has 0 fully saturated rings. The van der Waals surface area contributed by atoms with Gasteiger partial charge in [-0.3, -0.25) is 10.0 Å². The van der Waals surface area contributed by atoms with E-state index < -0.39 is 0 Å². The van der Waals surface area contributed by atoms with E-state index in [2.05, 4.69) is 69.9 Å². The maximum atomic E-state index is 2.34. The van der Waals surface area contributed by atoms with Crippen molar-refractivity contribution in [2.75, 3.05) is 18.6 Å². The van der Waals surface area contributed by atoms with Crippen LogP contribution in [0.4, 0.5) is 5.69 Å². The molecule has 98 valence electrons. The van der Waals surface area contributed by atoms with Gasteiger partial charge in [0.25, 0.3) is 0 Å². The molecule has 2 heteroatoms. The van der Waals surface area contributed by atoms with Crippen molar-refractivity contribution in [3.8, 4) is 0 Å². The summed E-state index contributed by atoms with van der Waals surface area (Å²) < 4.78 is 0. The Morgan fingerprint density at radius 2 is 1.83 bits per heavy atom. The van der Waals surface area contributed by atoms with Crippen molar-refractivity contribution in [1.29, 1.82) is 0 Å². The molecule has 0 unspecified atom stereocenters. The van der Waals surface area contributed by atoms with E-state index >= 15 is 0 Å². The summed E-state index contributed by atoms with van der Waals surface area (Å²) in [6.45, 7) is 12.1. The Morgan fingerprint density at radius 1 is 1.17 bits per heavy atom. The summed E-state index contributed by atoms with van der Waals surface area (Å²) in [5.41, 5.74) is 6.91. The maximum Gasteiger partial charge on any atom is 0.0649 e. The van der Waals surface area contributed by atoms with Gasteiger partial charge in [0.1, 0.15) is 0 Å². The predicted octanol–water partition coefficient (Wildman–Crippen LogP) is 4.07. The van der Waals surface area contributed by atoms with Crippen LogP contribution >= 0.6 is 0 Å². The first-order chi connectivity index (χ1) is 8.47. The summed E-state index contributed by atoms with van der Waals surface area (Å²) in [5, 5.41) is 4.63. The molecule has 0 aromatic heterocycles. The van der Waals surface area contributed by atoms with Crippen molar-refractivity contribution in [2.24, 2.45) is 5.92 Å². The molecule has 0 bridgehead atoms. The number of hydrazine groups is 1. The maximum absolute atomic E-state index is 2.34. The minimum Gasteiger partial charge on any atom is -0.293 e. The third-order valence-electron chi connectivity index (χ3n) is 3.83. The average Bonchev–Trinajstić information content (AvgIpc) is 2.31. The number of allylic oxidation sites excluding steroid dienone is 2. The van der Waals surface area contributed by atoms with Gasteiger partial charge < -0.3 is 0 Å². The molecule has 1 heterocycles. The summed E-state index contributed by atoms with van der Waals surface area (Å²) >= 11 is 0. The Hall–Kier alpha value is -1.44. The zero-order valence-electron chi connectivity index (χ0n) is 12.4. The molecule has 2 rings (SSSR count). The molecular weight excluding hydrogens is 220 g/mol. The summed E-state index contributed by atoms with van der Waals surface area (Å²) in [6, 6.07) is 6.78. The predicted molar refractivity (Wildman–Crippen MR) is 79.4 cm³/mol. The summed E-state index contributed by atoms with van der Waals surface area (Å²) in [7, 11) is 2.16. The third kappa shape index (κ3) is 1.90. The standard InChI is InChI=1S/C16H24N2/c1-7-18-15-9-8-12(4)10-14(15)16(11(2)3)13(5)17(18)6/h8-11H,7H2,1-6H3. The van der Waals surface area contributed by atoms with Gasteiger partial charge in [-0.25, -0.2) is 0 Å². The van der Waals surface area contributed by atoms with E-state index in [1.54, 1.807) is 0 Å². The molecular formula is C16H24N2. The summed E-state index contributed by atoms with van der Waals surface area (Å²) in [5.74, 6) is 0.548. The molecule has 2 nitrogen and oxygen atoms in total. The van der Waals surface area contributed by atoms with Gasteiger partial charge in [-0.05, 0) is 44.4 Å². The van der Waals surface area contributed by atoms with Crippen LogP contribution in [-0.4, -0.2) is 18.6 Å². The Labute approximate surface area is 111 Å². The summed E-state index contributed by atoms with van der Waals surface area (Å²) in [4.78, 5) is 0. The van der Waals surface area contributed by atoms with Crippen LogP contribution in [0.5, 0.6) is 0 Å². The summed E-state index contributed by atoms with van der Waals surface area (Å²) in [6.07, 6.45) is 0. The van der Waals surface area contributed by atoms with E-state index in [4.69, 9.17) is 0 Å². The zero-order chi connectivity index (χ0) is 13.4. The van der Waals surface area contributed by atoms with Gasteiger partial charge in [0.15, 0.2) is 0 Å². The molecule has 1 aliphatic heterocycles. The topological polar surface area (TPSA) is 6.48 Å². The second-order valence-corrected chi connectivity index (χ2v) is 5.41. The molecule has 18 heavy (non-hydrogen) atoms. The molecule has 0 saturated heterocycles. The minimum atomic E-state index is 0.548. The second kappa shape index (κ2) is 4.68. The van der Waals surface area contributed by atoms with Gasteiger partial charge in [0, 0.05) is 24.9 Å². The van der Waals surface area contributed by atoms with Gasteiger partial charge in [0.2, 0.25) is 0 Å². The van der Waals surface area contributed by atoms with Crippen LogP contribution < -0.4 is 5.01 Å². The molecule has 0 amide bonds. The van der Waals surface area contributed by atoms with E-state index in [1.807, 2.05) is 0 Å². The number of anilines is 1. The Bertz CT molecular complexity index is 486. The first kappa shape index (κ1) is 13.0. The van der Waals surface area contributed by atoms with Crippen molar-refractivity contribution in [3.63, 3.8) is 0 Å². The van der Waals surface area contributed by atoms with Crippen molar-refractivity contribution >= 4 is 11.3 Å². The van der Waals surface area contributed by atoms with Crippen molar-refractivity contribution in [2.45, 2.75) is 34.6 Å². The van der Waals surface area contributed by atoms with Gasteiger partial charge in [-0.1, -0.05) is 25.5 Å². The normalized spacial score (nSPS) is 15.5. The van der Waals surface area contributed by atoms with Gasteiger partial charge in [-0.15, -0.1) is 0 Å².